The molecule has 1 aliphatic rings. The van der Waals surface area contributed by atoms with Crippen LogP contribution in [0.4, 0.5) is 0 Å². The van der Waals surface area contributed by atoms with Crippen molar-refractivity contribution in [3.05, 3.63) is 29.6 Å². The Morgan fingerprint density at radius 3 is 2.85 bits per heavy atom. The molecule has 5 heteroatoms. The summed E-state index contributed by atoms with van der Waals surface area (Å²) in [6, 6.07) is 3.64. The number of carboxylic acid groups (broad SMARTS) is 1. The predicted octanol–water partition coefficient (Wildman–Crippen LogP) is 2.25. The summed E-state index contributed by atoms with van der Waals surface area (Å²) in [5.41, 5.74) is 1.46. The first-order chi connectivity index (χ1) is 9.58. The lowest BCUT2D eigenvalue weighted by Gasteiger charge is -2.35. The molecule has 1 aliphatic heterocycles. The maximum atomic E-state index is 12.5. The van der Waals surface area contributed by atoms with Gasteiger partial charge < -0.3 is 10.0 Å². The van der Waals surface area contributed by atoms with Crippen molar-refractivity contribution in [2.24, 2.45) is 0 Å². The molecule has 108 valence electrons. The molecule has 1 atom stereocenters. The fraction of sp³-hybridized carbons (Fsp3) is 0.533. The number of carbonyl (C=O) groups excluding carboxylic acids is 1. The van der Waals surface area contributed by atoms with Gasteiger partial charge in [0.15, 0.2) is 0 Å². The summed E-state index contributed by atoms with van der Waals surface area (Å²) < 4.78 is 0. The molecule has 1 aromatic rings. The molecule has 5 nitrogen and oxygen atoms in total. The minimum absolute atomic E-state index is 0.0346. The van der Waals surface area contributed by atoms with Crippen molar-refractivity contribution >= 4 is 11.9 Å². The first kappa shape index (κ1) is 14.5. The van der Waals surface area contributed by atoms with E-state index >= 15 is 0 Å². The topological polar surface area (TPSA) is 70.5 Å². The number of carbonyl (C=O) groups is 2. The average molecular weight is 276 g/mol. The highest BCUT2D eigenvalue weighted by Gasteiger charge is 2.27. The Morgan fingerprint density at radius 2 is 2.20 bits per heavy atom. The van der Waals surface area contributed by atoms with E-state index in [1.165, 1.54) is 0 Å². The van der Waals surface area contributed by atoms with Crippen LogP contribution in [-0.4, -0.2) is 39.5 Å². The van der Waals surface area contributed by atoms with Crippen molar-refractivity contribution < 1.29 is 14.7 Å². The quantitative estimate of drug-likeness (QED) is 0.915. The Bertz CT molecular complexity index is 484. The van der Waals surface area contributed by atoms with Crippen molar-refractivity contribution in [3.63, 3.8) is 0 Å². The Hall–Kier alpha value is -1.91. The first-order valence-electron chi connectivity index (χ1n) is 7.03. The van der Waals surface area contributed by atoms with E-state index in [1.807, 2.05) is 17.9 Å². The predicted molar refractivity (Wildman–Crippen MR) is 74.5 cm³/mol. The number of aryl methyl sites for hydroxylation is 1. The number of carboxylic acids is 1. The average Bonchev–Trinajstić information content (AvgIpc) is 2.45. The third-order valence-corrected chi connectivity index (χ3v) is 3.74. The van der Waals surface area contributed by atoms with Crippen LogP contribution in [0.1, 0.15) is 48.2 Å². The molecular weight excluding hydrogens is 256 g/mol. The molecule has 0 aliphatic carbocycles. The summed E-state index contributed by atoms with van der Waals surface area (Å²) >= 11 is 0. The molecule has 1 N–H and O–H groups in total. The molecule has 2 heterocycles. The minimum atomic E-state index is -0.806. The van der Waals surface area contributed by atoms with Gasteiger partial charge in [-0.25, -0.2) is 0 Å². The fourth-order valence-electron chi connectivity index (χ4n) is 2.62. The molecular formula is C15H20N2O3. The van der Waals surface area contributed by atoms with Crippen molar-refractivity contribution in [1.82, 2.24) is 9.88 Å². The van der Waals surface area contributed by atoms with Gasteiger partial charge in [-0.3, -0.25) is 14.6 Å². The number of hydrogen-bond acceptors (Lipinski definition) is 3. The normalized spacial score (nSPS) is 18.9. The molecule has 0 unspecified atom stereocenters. The molecule has 1 fully saturated rings. The Kier molecular flexibility index (Phi) is 4.71. The standard InChI is InChI=1S/C15H20N2O3/c1-11-5-6-12(10-16-11)15(20)17-9-3-2-4-13(17)7-8-14(18)19/h5-6,10,13H,2-4,7-9H2,1H3,(H,18,19)/t13-/m1/s1. The zero-order valence-electron chi connectivity index (χ0n) is 11.7. The van der Waals surface area contributed by atoms with Crippen LogP contribution in [0.25, 0.3) is 0 Å². The smallest absolute Gasteiger partial charge is 0.303 e. The number of likely N-dealkylation sites (tertiary alicyclic amines) is 1. The van der Waals surface area contributed by atoms with Crippen LogP contribution in [0.3, 0.4) is 0 Å². The lowest BCUT2D eigenvalue weighted by atomic mass is 9.97. The van der Waals surface area contributed by atoms with E-state index < -0.39 is 5.97 Å². The zero-order chi connectivity index (χ0) is 14.5. The second-order valence-corrected chi connectivity index (χ2v) is 5.27. The molecule has 20 heavy (non-hydrogen) atoms. The maximum absolute atomic E-state index is 12.5. The second kappa shape index (κ2) is 6.50. The fourth-order valence-corrected chi connectivity index (χ4v) is 2.62. The molecule has 1 amide bonds. The largest absolute Gasteiger partial charge is 0.481 e. The summed E-state index contributed by atoms with van der Waals surface area (Å²) in [4.78, 5) is 29.2. The number of aromatic nitrogens is 1. The van der Waals surface area contributed by atoms with Gasteiger partial charge in [-0.2, -0.15) is 0 Å². The van der Waals surface area contributed by atoms with Crippen LogP contribution >= 0.6 is 0 Å². The third kappa shape index (κ3) is 3.56. The van der Waals surface area contributed by atoms with Crippen molar-refractivity contribution in [2.75, 3.05) is 6.54 Å². The monoisotopic (exact) mass is 276 g/mol. The van der Waals surface area contributed by atoms with Crippen molar-refractivity contribution in [2.45, 2.75) is 45.1 Å². The van der Waals surface area contributed by atoms with Gasteiger partial charge in [-0.05, 0) is 44.7 Å². The number of aliphatic carboxylic acids is 1. The van der Waals surface area contributed by atoms with Gasteiger partial charge in [0.25, 0.3) is 5.91 Å². The van der Waals surface area contributed by atoms with Crippen LogP contribution in [0.2, 0.25) is 0 Å². The highest BCUT2D eigenvalue weighted by Crippen LogP contribution is 2.23. The number of rotatable bonds is 4. The highest BCUT2D eigenvalue weighted by molar-refractivity contribution is 5.94. The van der Waals surface area contributed by atoms with Crippen LogP contribution < -0.4 is 0 Å². The van der Waals surface area contributed by atoms with Gasteiger partial charge in [-0.15, -0.1) is 0 Å². The number of amides is 1. The van der Waals surface area contributed by atoms with E-state index in [1.54, 1.807) is 12.3 Å². The Balaban J connectivity index is 2.08. The van der Waals surface area contributed by atoms with Gasteiger partial charge in [0.2, 0.25) is 0 Å². The summed E-state index contributed by atoms with van der Waals surface area (Å²) in [6.45, 7) is 2.59. The van der Waals surface area contributed by atoms with E-state index in [0.29, 0.717) is 18.5 Å². The molecule has 0 radical (unpaired) electrons. The lowest BCUT2D eigenvalue weighted by molar-refractivity contribution is -0.137. The van der Waals surface area contributed by atoms with Gasteiger partial charge in [0.05, 0.1) is 5.56 Å². The number of piperidine rings is 1. The van der Waals surface area contributed by atoms with E-state index in [9.17, 15) is 9.59 Å². The van der Waals surface area contributed by atoms with Crippen molar-refractivity contribution in [1.29, 1.82) is 0 Å². The van der Waals surface area contributed by atoms with Gasteiger partial charge in [0.1, 0.15) is 0 Å². The molecule has 0 saturated carbocycles. The van der Waals surface area contributed by atoms with Crippen molar-refractivity contribution in [3.8, 4) is 0 Å². The summed E-state index contributed by atoms with van der Waals surface area (Å²) in [6.07, 6.45) is 5.16. The highest BCUT2D eigenvalue weighted by atomic mass is 16.4. The zero-order valence-corrected chi connectivity index (χ0v) is 11.7. The van der Waals surface area contributed by atoms with Gasteiger partial charge in [0, 0.05) is 30.9 Å². The first-order valence-corrected chi connectivity index (χ1v) is 7.03. The summed E-state index contributed by atoms with van der Waals surface area (Å²) in [7, 11) is 0. The number of pyridine rings is 1. The van der Waals surface area contributed by atoms with E-state index in [-0.39, 0.29) is 18.4 Å². The van der Waals surface area contributed by atoms with Crippen LogP contribution in [0.15, 0.2) is 18.3 Å². The molecule has 1 aromatic heterocycles. The Labute approximate surface area is 118 Å². The molecule has 0 bridgehead atoms. The Morgan fingerprint density at radius 1 is 1.40 bits per heavy atom. The second-order valence-electron chi connectivity index (χ2n) is 5.27. The van der Waals surface area contributed by atoms with Gasteiger partial charge >= 0.3 is 5.97 Å². The lowest BCUT2D eigenvalue weighted by Crippen LogP contribution is -2.44. The van der Waals surface area contributed by atoms with Crippen LogP contribution in [0, 0.1) is 6.92 Å². The molecule has 2 rings (SSSR count). The molecule has 0 aromatic carbocycles. The molecule has 0 spiro atoms. The van der Waals surface area contributed by atoms with E-state index in [0.717, 1.165) is 25.0 Å². The van der Waals surface area contributed by atoms with Crippen LogP contribution in [-0.2, 0) is 4.79 Å². The number of hydrogen-bond donors (Lipinski definition) is 1. The summed E-state index contributed by atoms with van der Waals surface area (Å²) in [5, 5.41) is 8.80. The molecule has 1 saturated heterocycles. The van der Waals surface area contributed by atoms with E-state index in [2.05, 4.69) is 4.98 Å². The van der Waals surface area contributed by atoms with Gasteiger partial charge in [-0.1, -0.05) is 0 Å². The number of nitrogens with zero attached hydrogens (tertiary/aromatic N) is 2. The summed E-state index contributed by atoms with van der Waals surface area (Å²) in [5.74, 6) is -0.840. The maximum Gasteiger partial charge on any atom is 0.303 e. The minimum Gasteiger partial charge on any atom is -0.481 e. The SMILES string of the molecule is Cc1ccc(C(=O)N2CCCC[C@@H]2CCC(=O)O)cn1. The van der Waals surface area contributed by atoms with Crippen LogP contribution in [0.5, 0.6) is 0 Å². The third-order valence-electron chi connectivity index (χ3n) is 3.74. The van der Waals surface area contributed by atoms with E-state index in [4.69, 9.17) is 5.11 Å².